The number of amides is 1. The number of nitrogens with one attached hydrogen (secondary N) is 2. The van der Waals surface area contributed by atoms with Crippen LogP contribution in [0.25, 0.3) is 0 Å². The summed E-state index contributed by atoms with van der Waals surface area (Å²) >= 11 is 0. The summed E-state index contributed by atoms with van der Waals surface area (Å²) in [6.07, 6.45) is 2.40. The molecule has 1 amide bonds. The third kappa shape index (κ3) is 4.54. The molecule has 3 N–H and O–H groups in total. The molecule has 7 heteroatoms. The Kier molecular flexibility index (Phi) is 6.15. The van der Waals surface area contributed by atoms with Crippen molar-refractivity contribution >= 4 is 11.7 Å². The summed E-state index contributed by atoms with van der Waals surface area (Å²) in [7, 11) is 0. The summed E-state index contributed by atoms with van der Waals surface area (Å²) in [5.41, 5.74) is -0.219. The lowest BCUT2D eigenvalue weighted by molar-refractivity contribution is -0.127. The Morgan fingerprint density at radius 3 is 2.70 bits per heavy atom. The van der Waals surface area contributed by atoms with Crippen molar-refractivity contribution in [3.8, 4) is 0 Å². The number of hydrogen-bond donors (Lipinski definition) is 3. The number of rotatable bonds is 6. The Hall–Kier alpha value is -1.89. The predicted molar refractivity (Wildman–Crippen MR) is 88.3 cm³/mol. The fraction of sp³-hybridized carbons (Fsp3) is 0.688. The van der Waals surface area contributed by atoms with Gasteiger partial charge < -0.3 is 15.3 Å². The van der Waals surface area contributed by atoms with Gasteiger partial charge in [0.2, 0.25) is 5.91 Å². The molecule has 0 bridgehead atoms. The van der Waals surface area contributed by atoms with Crippen LogP contribution < -0.4 is 15.8 Å². The quantitative estimate of drug-likeness (QED) is 0.709. The van der Waals surface area contributed by atoms with Crippen molar-refractivity contribution in [1.82, 2.24) is 15.5 Å². The van der Waals surface area contributed by atoms with E-state index in [4.69, 9.17) is 0 Å². The molecule has 1 fully saturated rings. The highest BCUT2D eigenvalue weighted by atomic mass is 16.3. The van der Waals surface area contributed by atoms with Crippen LogP contribution in [0.5, 0.6) is 0 Å². The minimum absolute atomic E-state index is 0.0263. The second-order valence-electron chi connectivity index (χ2n) is 6.22. The van der Waals surface area contributed by atoms with Crippen LogP contribution in [0.2, 0.25) is 0 Å². The molecule has 1 aromatic rings. The van der Waals surface area contributed by atoms with Gasteiger partial charge in [0, 0.05) is 25.1 Å². The van der Waals surface area contributed by atoms with E-state index in [-0.39, 0.29) is 36.0 Å². The first-order valence-electron chi connectivity index (χ1n) is 8.27. The van der Waals surface area contributed by atoms with Crippen LogP contribution in [-0.4, -0.2) is 46.9 Å². The molecule has 1 aliphatic rings. The lowest BCUT2D eigenvalue weighted by Gasteiger charge is -2.33. The Bertz CT molecular complexity index is 546. The van der Waals surface area contributed by atoms with Gasteiger partial charge >= 0.3 is 0 Å². The van der Waals surface area contributed by atoms with Gasteiger partial charge in [0.05, 0.1) is 12.6 Å². The molecule has 1 saturated heterocycles. The van der Waals surface area contributed by atoms with Crippen LogP contribution in [0.1, 0.15) is 33.1 Å². The van der Waals surface area contributed by atoms with Crippen molar-refractivity contribution in [2.75, 3.05) is 24.6 Å². The second kappa shape index (κ2) is 8.10. The molecule has 0 aliphatic carbocycles. The number of carbonyl (C=O) groups is 1. The minimum Gasteiger partial charge on any atom is -0.394 e. The smallest absolute Gasteiger partial charge is 0.264 e. The Morgan fingerprint density at radius 1 is 1.48 bits per heavy atom. The number of aromatic nitrogens is 2. The van der Waals surface area contributed by atoms with Crippen molar-refractivity contribution in [3.05, 3.63) is 22.5 Å². The maximum atomic E-state index is 12.4. The highest BCUT2D eigenvalue weighted by Crippen LogP contribution is 2.21. The average Bonchev–Trinajstić information content (AvgIpc) is 2.59. The number of nitrogens with zero attached hydrogens (tertiary/aromatic N) is 2. The number of carbonyl (C=O) groups excluding carboxylic acids is 1. The van der Waals surface area contributed by atoms with E-state index in [9.17, 15) is 14.7 Å². The number of piperidine rings is 1. The fourth-order valence-corrected chi connectivity index (χ4v) is 2.84. The van der Waals surface area contributed by atoms with Crippen molar-refractivity contribution in [3.63, 3.8) is 0 Å². The van der Waals surface area contributed by atoms with Gasteiger partial charge in [-0.05, 0) is 24.8 Å². The molecule has 0 aromatic carbocycles. The van der Waals surface area contributed by atoms with Gasteiger partial charge in [0.1, 0.15) is 5.82 Å². The Morgan fingerprint density at radius 2 is 2.17 bits per heavy atom. The number of aromatic amines is 1. The highest BCUT2D eigenvalue weighted by molar-refractivity contribution is 5.79. The average molecular weight is 322 g/mol. The summed E-state index contributed by atoms with van der Waals surface area (Å²) in [6, 6.07) is 2.98. The van der Waals surface area contributed by atoms with E-state index >= 15 is 0 Å². The van der Waals surface area contributed by atoms with E-state index in [2.05, 4.69) is 27.3 Å². The van der Waals surface area contributed by atoms with Crippen LogP contribution in [0, 0.1) is 11.8 Å². The van der Waals surface area contributed by atoms with Crippen molar-refractivity contribution < 1.29 is 9.90 Å². The van der Waals surface area contributed by atoms with Crippen LogP contribution >= 0.6 is 0 Å². The normalized spacial score (nSPS) is 18.5. The lowest BCUT2D eigenvalue weighted by Crippen LogP contribution is -2.47. The molecule has 1 aliphatic heterocycles. The molecule has 7 nitrogen and oxygen atoms in total. The maximum absolute atomic E-state index is 12.4. The summed E-state index contributed by atoms with van der Waals surface area (Å²) < 4.78 is 0. The van der Waals surface area contributed by atoms with Crippen LogP contribution in [0.3, 0.4) is 0 Å². The first kappa shape index (κ1) is 17.5. The standard InChI is InChI=1S/C16H26N4O3/c1-3-11(2)13(10-21)17-16(23)12-6-8-20(9-7-12)14-4-5-15(22)19-18-14/h4-5,11-13,21H,3,6-10H2,1-2H3,(H,17,23)(H,19,22). The van der Waals surface area contributed by atoms with Crippen LogP contribution in [-0.2, 0) is 4.79 Å². The summed E-state index contributed by atoms with van der Waals surface area (Å²) in [5.74, 6) is 0.983. The molecular weight excluding hydrogens is 296 g/mol. The van der Waals surface area contributed by atoms with Gasteiger partial charge in [-0.25, -0.2) is 5.10 Å². The summed E-state index contributed by atoms with van der Waals surface area (Å²) in [4.78, 5) is 25.5. The van der Waals surface area contributed by atoms with E-state index in [1.165, 1.54) is 6.07 Å². The number of H-pyrrole nitrogens is 1. The van der Waals surface area contributed by atoms with Gasteiger partial charge in [-0.1, -0.05) is 20.3 Å². The molecule has 128 valence electrons. The molecule has 0 saturated carbocycles. The van der Waals surface area contributed by atoms with Crippen LogP contribution in [0.4, 0.5) is 5.82 Å². The molecule has 1 aromatic heterocycles. The monoisotopic (exact) mass is 322 g/mol. The third-order valence-electron chi connectivity index (χ3n) is 4.71. The predicted octanol–water partition coefficient (Wildman–Crippen LogP) is 0.509. The van der Waals surface area contributed by atoms with Gasteiger partial charge in [-0.15, -0.1) is 0 Å². The lowest BCUT2D eigenvalue weighted by atomic mass is 9.94. The topological polar surface area (TPSA) is 98.3 Å². The van der Waals surface area contributed by atoms with Crippen molar-refractivity contribution in [2.24, 2.45) is 11.8 Å². The number of aliphatic hydroxyl groups is 1. The summed E-state index contributed by atoms with van der Waals surface area (Å²) in [6.45, 7) is 5.51. The first-order valence-corrected chi connectivity index (χ1v) is 8.27. The Balaban J connectivity index is 1.87. The molecule has 0 spiro atoms. The second-order valence-corrected chi connectivity index (χ2v) is 6.22. The van der Waals surface area contributed by atoms with Crippen molar-refractivity contribution in [2.45, 2.75) is 39.2 Å². The van der Waals surface area contributed by atoms with Gasteiger partial charge in [-0.3, -0.25) is 9.59 Å². The van der Waals surface area contributed by atoms with E-state index in [0.717, 1.165) is 38.2 Å². The highest BCUT2D eigenvalue weighted by Gasteiger charge is 2.28. The number of hydrogen-bond acceptors (Lipinski definition) is 5. The minimum atomic E-state index is -0.219. The molecule has 2 rings (SSSR count). The van der Waals surface area contributed by atoms with Crippen molar-refractivity contribution in [1.29, 1.82) is 0 Å². The summed E-state index contributed by atoms with van der Waals surface area (Å²) in [5, 5.41) is 18.9. The van der Waals surface area contributed by atoms with Gasteiger partial charge in [0.15, 0.2) is 0 Å². The molecule has 23 heavy (non-hydrogen) atoms. The first-order chi connectivity index (χ1) is 11.0. The van der Waals surface area contributed by atoms with E-state index in [1.54, 1.807) is 6.07 Å². The van der Waals surface area contributed by atoms with E-state index in [1.807, 2.05) is 6.92 Å². The molecule has 0 radical (unpaired) electrons. The van der Waals surface area contributed by atoms with E-state index in [0.29, 0.717) is 0 Å². The zero-order valence-electron chi connectivity index (χ0n) is 13.8. The van der Waals surface area contributed by atoms with Gasteiger partial charge in [-0.2, -0.15) is 5.10 Å². The maximum Gasteiger partial charge on any atom is 0.264 e. The third-order valence-corrected chi connectivity index (χ3v) is 4.71. The molecular formula is C16H26N4O3. The zero-order chi connectivity index (χ0) is 16.8. The van der Waals surface area contributed by atoms with Crippen LogP contribution in [0.15, 0.2) is 16.9 Å². The SMILES string of the molecule is CCC(C)C(CO)NC(=O)C1CCN(c2ccc(=O)[nH]n2)CC1. The van der Waals surface area contributed by atoms with E-state index < -0.39 is 0 Å². The molecule has 2 heterocycles. The zero-order valence-corrected chi connectivity index (χ0v) is 13.8. The Labute approximate surface area is 136 Å². The molecule has 2 unspecified atom stereocenters. The molecule has 2 atom stereocenters. The largest absolute Gasteiger partial charge is 0.394 e. The number of anilines is 1. The number of aliphatic hydroxyl groups excluding tert-OH is 1. The van der Waals surface area contributed by atoms with Gasteiger partial charge in [0.25, 0.3) is 5.56 Å². The fourth-order valence-electron chi connectivity index (χ4n) is 2.84.